The van der Waals surface area contributed by atoms with Crippen LogP contribution >= 0.6 is 0 Å². The van der Waals surface area contributed by atoms with Crippen molar-refractivity contribution in [3.05, 3.63) is 11.1 Å². The standard InChI is InChI=1S/C16H23NO2/c1-3-4-10-17-11-12-13-6-5-7-15(19)16(13,2)9-8-14(12)18/h11H,3-10H2,1-2H3/b17-11+. The van der Waals surface area contributed by atoms with Crippen LogP contribution in [0.25, 0.3) is 0 Å². The molecule has 1 saturated carbocycles. The van der Waals surface area contributed by atoms with Gasteiger partial charge in [0.05, 0.1) is 0 Å². The van der Waals surface area contributed by atoms with Crippen LogP contribution in [0, 0.1) is 5.41 Å². The van der Waals surface area contributed by atoms with Gasteiger partial charge in [-0.25, -0.2) is 0 Å². The van der Waals surface area contributed by atoms with Gasteiger partial charge >= 0.3 is 0 Å². The molecule has 2 aliphatic rings. The zero-order valence-corrected chi connectivity index (χ0v) is 12.0. The number of carbonyl (C=O) groups is 2. The number of nitrogens with zero attached hydrogens (tertiary/aromatic N) is 1. The van der Waals surface area contributed by atoms with Gasteiger partial charge in [-0.1, -0.05) is 13.3 Å². The molecule has 1 fully saturated rings. The first-order valence-corrected chi connectivity index (χ1v) is 7.39. The Kier molecular flexibility index (Phi) is 4.33. The molecule has 0 aromatic carbocycles. The summed E-state index contributed by atoms with van der Waals surface area (Å²) < 4.78 is 0. The zero-order valence-electron chi connectivity index (χ0n) is 12.0. The number of hydrogen-bond donors (Lipinski definition) is 0. The van der Waals surface area contributed by atoms with E-state index in [2.05, 4.69) is 11.9 Å². The van der Waals surface area contributed by atoms with Gasteiger partial charge in [0.25, 0.3) is 0 Å². The lowest BCUT2D eigenvalue weighted by atomic mass is 9.63. The molecule has 104 valence electrons. The molecule has 0 spiro atoms. The van der Waals surface area contributed by atoms with Crippen LogP contribution in [0.5, 0.6) is 0 Å². The Morgan fingerprint density at radius 2 is 2.05 bits per heavy atom. The van der Waals surface area contributed by atoms with E-state index in [-0.39, 0.29) is 5.78 Å². The average Bonchev–Trinajstić information content (AvgIpc) is 2.40. The molecule has 1 unspecified atom stereocenters. The number of hydrogen-bond acceptors (Lipinski definition) is 3. The molecule has 0 aromatic rings. The van der Waals surface area contributed by atoms with Crippen molar-refractivity contribution in [2.24, 2.45) is 10.4 Å². The summed E-state index contributed by atoms with van der Waals surface area (Å²) in [7, 11) is 0. The molecule has 0 aromatic heterocycles. The predicted octanol–water partition coefficient (Wildman–Crippen LogP) is 3.28. The smallest absolute Gasteiger partial charge is 0.164 e. The van der Waals surface area contributed by atoms with Crippen molar-refractivity contribution in [3.8, 4) is 0 Å². The van der Waals surface area contributed by atoms with Gasteiger partial charge in [0, 0.05) is 36.6 Å². The third-order valence-corrected chi connectivity index (χ3v) is 4.45. The van der Waals surface area contributed by atoms with E-state index in [1.807, 2.05) is 6.92 Å². The monoisotopic (exact) mass is 261 g/mol. The van der Waals surface area contributed by atoms with Crippen LogP contribution in [-0.4, -0.2) is 24.3 Å². The highest BCUT2D eigenvalue weighted by Gasteiger charge is 2.44. The quantitative estimate of drug-likeness (QED) is 0.576. The van der Waals surface area contributed by atoms with Crippen LogP contribution in [0.4, 0.5) is 0 Å². The molecule has 1 atom stereocenters. The molecule has 0 bridgehead atoms. The van der Waals surface area contributed by atoms with Crippen molar-refractivity contribution in [2.75, 3.05) is 6.54 Å². The van der Waals surface area contributed by atoms with Crippen LogP contribution in [0.15, 0.2) is 16.1 Å². The second kappa shape index (κ2) is 5.81. The first-order valence-electron chi connectivity index (χ1n) is 7.39. The first kappa shape index (κ1) is 14.2. The van der Waals surface area contributed by atoms with Crippen LogP contribution in [-0.2, 0) is 9.59 Å². The summed E-state index contributed by atoms with van der Waals surface area (Å²) >= 11 is 0. The van der Waals surface area contributed by atoms with E-state index in [9.17, 15) is 9.59 Å². The first-order chi connectivity index (χ1) is 9.09. The van der Waals surface area contributed by atoms with E-state index >= 15 is 0 Å². The largest absolute Gasteiger partial charge is 0.299 e. The molecule has 2 aliphatic carbocycles. The molecule has 3 heteroatoms. The summed E-state index contributed by atoms with van der Waals surface area (Å²) in [6.45, 7) is 4.90. The van der Waals surface area contributed by atoms with Crippen molar-refractivity contribution < 1.29 is 9.59 Å². The van der Waals surface area contributed by atoms with Crippen molar-refractivity contribution in [1.82, 2.24) is 0 Å². The van der Waals surface area contributed by atoms with Crippen molar-refractivity contribution in [3.63, 3.8) is 0 Å². The Labute approximate surface area is 115 Å². The topological polar surface area (TPSA) is 46.5 Å². The number of carbonyl (C=O) groups excluding carboxylic acids is 2. The minimum atomic E-state index is -0.391. The van der Waals surface area contributed by atoms with Crippen LogP contribution in [0.1, 0.15) is 58.8 Å². The Morgan fingerprint density at radius 3 is 2.79 bits per heavy atom. The molecule has 0 N–H and O–H groups in total. The van der Waals surface area contributed by atoms with Gasteiger partial charge in [-0.15, -0.1) is 0 Å². The molecular weight excluding hydrogens is 238 g/mol. The third kappa shape index (κ3) is 2.70. The molecule has 19 heavy (non-hydrogen) atoms. The van der Waals surface area contributed by atoms with Crippen LogP contribution in [0.3, 0.4) is 0 Å². The minimum absolute atomic E-state index is 0.169. The third-order valence-electron chi connectivity index (χ3n) is 4.45. The summed E-state index contributed by atoms with van der Waals surface area (Å²) in [5.41, 5.74) is 1.40. The van der Waals surface area contributed by atoms with Gasteiger partial charge in [-0.3, -0.25) is 14.6 Å². The van der Waals surface area contributed by atoms with E-state index < -0.39 is 5.41 Å². The maximum atomic E-state index is 12.2. The number of aliphatic imine (C=N–C) groups is 1. The Morgan fingerprint density at radius 1 is 1.26 bits per heavy atom. The van der Waals surface area contributed by atoms with Gasteiger partial charge in [0.1, 0.15) is 5.78 Å². The molecule has 0 radical (unpaired) electrons. The molecule has 2 rings (SSSR count). The number of unbranched alkanes of at least 4 members (excludes halogenated alkanes) is 1. The summed E-state index contributed by atoms with van der Waals surface area (Å²) in [6, 6.07) is 0. The number of fused-ring (bicyclic) bond motifs is 1. The van der Waals surface area contributed by atoms with E-state index in [0.29, 0.717) is 25.0 Å². The molecule has 0 aliphatic heterocycles. The van der Waals surface area contributed by atoms with Crippen molar-refractivity contribution >= 4 is 17.8 Å². The molecule has 0 saturated heterocycles. The minimum Gasteiger partial charge on any atom is -0.299 e. The van der Waals surface area contributed by atoms with Crippen molar-refractivity contribution in [1.29, 1.82) is 0 Å². The number of Topliss-reactive ketones (excluding diaryl/α,β-unsaturated/α-hetero) is 2. The molecule has 3 nitrogen and oxygen atoms in total. The van der Waals surface area contributed by atoms with E-state index in [1.165, 1.54) is 0 Å². The SMILES string of the molecule is CCCC/N=C/C1=C2CCCC(=O)C2(C)CCC1=O. The number of ketones is 2. The molecule has 0 heterocycles. The van der Waals surface area contributed by atoms with Gasteiger partial charge in [0.2, 0.25) is 0 Å². The summed E-state index contributed by atoms with van der Waals surface area (Å²) in [5.74, 6) is 0.475. The summed E-state index contributed by atoms with van der Waals surface area (Å²) in [6.07, 6.45) is 7.48. The normalized spacial score (nSPS) is 28.1. The van der Waals surface area contributed by atoms with Gasteiger partial charge in [0.15, 0.2) is 5.78 Å². The fraction of sp³-hybridized carbons (Fsp3) is 0.688. The second-order valence-corrected chi connectivity index (χ2v) is 5.81. The highest BCUT2D eigenvalue weighted by Crippen LogP contribution is 2.46. The lowest BCUT2D eigenvalue weighted by Crippen LogP contribution is -2.39. The van der Waals surface area contributed by atoms with Gasteiger partial charge in [-0.05, 0) is 38.2 Å². The summed E-state index contributed by atoms with van der Waals surface area (Å²) in [4.78, 5) is 28.7. The lowest BCUT2D eigenvalue weighted by molar-refractivity contribution is -0.129. The van der Waals surface area contributed by atoms with Crippen LogP contribution < -0.4 is 0 Å². The van der Waals surface area contributed by atoms with Gasteiger partial charge < -0.3 is 0 Å². The van der Waals surface area contributed by atoms with Crippen LogP contribution in [0.2, 0.25) is 0 Å². The fourth-order valence-corrected chi connectivity index (χ4v) is 3.09. The Balaban J connectivity index is 2.30. The predicted molar refractivity (Wildman–Crippen MR) is 76.5 cm³/mol. The second-order valence-electron chi connectivity index (χ2n) is 5.81. The van der Waals surface area contributed by atoms with E-state index in [0.717, 1.165) is 43.4 Å². The maximum Gasteiger partial charge on any atom is 0.164 e. The average molecular weight is 261 g/mol. The van der Waals surface area contributed by atoms with E-state index in [1.54, 1.807) is 6.21 Å². The van der Waals surface area contributed by atoms with Crippen molar-refractivity contribution in [2.45, 2.75) is 58.8 Å². The zero-order chi connectivity index (χ0) is 13.9. The highest BCUT2D eigenvalue weighted by atomic mass is 16.1. The maximum absolute atomic E-state index is 12.2. The number of rotatable bonds is 4. The lowest BCUT2D eigenvalue weighted by Gasteiger charge is -2.39. The Hall–Kier alpha value is -1.25. The fourth-order valence-electron chi connectivity index (χ4n) is 3.09. The van der Waals surface area contributed by atoms with E-state index in [4.69, 9.17) is 0 Å². The Bertz CT molecular complexity index is 448. The highest BCUT2D eigenvalue weighted by molar-refractivity contribution is 6.16. The van der Waals surface area contributed by atoms with Gasteiger partial charge in [-0.2, -0.15) is 0 Å². The molecular formula is C16H23NO2. The summed E-state index contributed by atoms with van der Waals surface area (Å²) in [5, 5.41) is 0. The molecule has 0 amide bonds. The number of allylic oxidation sites excluding steroid dienone is 2.